The summed E-state index contributed by atoms with van der Waals surface area (Å²) in [5, 5.41) is 19.4. The van der Waals surface area contributed by atoms with Gasteiger partial charge in [0.05, 0.1) is 17.4 Å². The minimum Gasteiger partial charge on any atom is -0.545 e. The summed E-state index contributed by atoms with van der Waals surface area (Å²) >= 11 is 1.29. The van der Waals surface area contributed by atoms with Gasteiger partial charge in [-0.05, 0) is 48.6 Å². The molecule has 3 N–H and O–H groups in total. The number of pyridine rings is 1. The summed E-state index contributed by atoms with van der Waals surface area (Å²) in [6.45, 7) is 0. The molecule has 0 aliphatic carbocycles. The predicted octanol–water partition coefficient (Wildman–Crippen LogP) is 3.26. The molecule has 27 heavy (non-hydrogen) atoms. The van der Waals surface area contributed by atoms with Gasteiger partial charge in [-0.3, -0.25) is 4.98 Å². The van der Waals surface area contributed by atoms with Crippen LogP contribution in [0.5, 0.6) is 0 Å². The van der Waals surface area contributed by atoms with Gasteiger partial charge in [0.1, 0.15) is 0 Å². The maximum Gasteiger partial charge on any atom is 0.0726 e. The standard InChI is InChI=1S/C21H17N3O2S/c22-18(11-8-14-5-3-4-12-24-14)16-10-9-15(13-19(16)23)27-20-7-2-1-6-17(20)21(25)26/h1-13,22H,23H2,(H,25,26)/p-1/b11-8+,22-18?. The van der Waals surface area contributed by atoms with Gasteiger partial charge in [0, 0.05) is 32.8 Å². The third-order valence-electron chi connectivity index (χ3n) is 3.76. The number of allylic oxidation sites excluding steroid dienone is 1. The van der Waals surface area contributed by atoms with Gasteiger partial charge in [0.2, 0.25) is 0 Å². The average molecular weight is 374 g/mol. The Morgan fingerprint density at radius 3 is 2.56 bits per heavy atom. The number of hydrogen-bond acceptors (Lipinski definition) is 6. The van der Waals surface area contributed by atoms with Crippen LogP contribution in [0.25, 0.3) is 6.08 Å². The Morgan fingerprint density at radius 2 is 1.85 bits per heavy atom. The van der Waals surface area contributed by atoms with Gasteiger partial charge in [-0.1, -0.05) is 36.0 Å². The number of carbonyl (C=O) groups excluding carboxylic acids is 1. The maximum absolute atomic E-state index is 11.2. The number of nitrogens with zero attached hydrogens (tertiary/aromatic N) is 1. The third-order valence-corrected chi connectivity index (χ3v) is 4.82. The maximum atomic E-state index is 11.2. The zero-order valence-electron chi connectivity index (χ0n) is 14.3. The number of hydrogen-bond donors (Lipinski definition) is 2. The summed E-state index contributed by atoms with van der Waals surface area (Å²) in [6, 6.07) is 17.5. The summed E-state index contributed by atoms with van der Waals surface area (Å²) < 4.78 is 0. The highest BCUT2D eigenvalue weighted by Crippen LogP contribution is 2.32. The zero-order valence-corrected chi connectivity index (χ0v) is 15.1. The van der Waals surface area contributed by atoms with Gasteiger partial charge in [-0.15, -0.1) is 0 Å². The van der Waals surface area contributed by atoms with Crippen molar-refractivity contribution in [1.82, 2.24) is 4.98 Å². The van der Waals surface area contributed by atoms with Crippen LogP contribution in [0, 0.1) is 5.41 Å². The first-order chi connectivity index (χ1) is 13.0. The van der Waals surface area contributed by atoms with Crippen molar-refractivity contribution in [2.24, 2.45) is 0 Å². The van der Waals surface area contributed by atoms with Crippen LogP contribution in [-0.2, 0) is 0 Å². The fourth-order valence-corrected chi connectivity index (χ4v) is 3.42. The fourth-order valence-electron chi connectivity index (χ4n) is 2.43. The molecule has 0 radical (unpaired) electrons. The molecular formula is C21H16N3O2S-. The Bertz CT molecular complexity index is 1020. The van der Waals surface area contributed by atoms with Crippen molar-refractivity contribution in [1.29, 1.82) is 5.41 Å². The molecule has 0 spiro atoms. The molecule has 0 aliphatic heterocycles. The van der Waals surface area contributed by atoms with Crippen LogP contribution in [0.1, 0.15) is 21.6 Å². The normalized spacial score (nSPS) is 10.8. The molecule has 0 unspecified atom stereocenters. The minimum atomic E-state index is -1.22. The molecule has 6 heteroatoms. The highest BCUT2D eigenvalue weighted by atomic mass is 32.2. The number of carbonyl (C=O) groups is 1. The molecule has 0 amide bonds. The SMILES string of the molecule is N=C(/C=C/c1ccccn1)c1ccc(Sc2ccccc2C(=O)[O-])cc1N. The molecule has 0 saturated carbocycles. The van der Waals surface area contributed by atoms with Gasteiger partial charge in [-0.25, -0.2) is 0 Å². The number of rotatable bonds is 6. The van der Waals surface area contributed by atoms with Crippen LogP contribution < -0.4 is 10.8 Å². The first-order valence-corrected chi connectivity index (χ1v) is 8.92. The number of nitrogens with two attached hydrogens (primary N) is 1. The lowest BCUT2D eigenvalue weighted by Crippen LogP contribution is -2.22. The van der Waals surface area contributed by atoms with Crippen molar-refractivity contribution in [2.45, 2.75) is 9.79 Å². The number of carboxylic acids is 1. The lowest BCUT2D eigenvalue weighted by Gasteiger charge is -2.11. The van der Waals surface area contributed by atoms with Gasteiger partial charge in [-0.2, -0.15) is 0 Å². The van der Waals surface area contributed by atoms with E-state index in [2.05, 4.69) is 4.98 Å². The lowest BCUT2D eigenvalue weighted by atomic mass is 10.1. The number of nitrogen functional groups attached to an aromatic ring is 1. The van der Waals surface area contributed by atoms with Crippen LogP contribution in [0.15, 0.2) is 82.7 Å². The van der Waals surface area contributed by atoms with E-state index in [1.807, 2.05) is 24.3 Å². The van der Waals surface area contributed by atoms with E-state index in [1.54, 1.807) is 48.7 Å². The summed E-state index contributed by atoms with van der Waals surface area (Å²) in [5.74, 6) is -1.22. The van der Waals surface area contributed by atoms with Crippen molar-refractivity contribution < 1.29 is 9.90 Å². The molecule has 0 saturated heterocycles. The van der Waals surface area contributed by atoms with E-state index in [0.717, 1.165) is 10.6 Å². The fraction of sp³-hybridized carbons (Fsp3) is 0. The Labute approximate surface area is 161 Å². The molecule has 3 aromatic rings. The largest absolute Gasteiger partial charge is 0.545 e. The average Bonchev–Trinajstić information content (AvgIpc) is 2.67. The van der Waals surface area contributed by atoms with E-state index in [0.29, 0.717) is 16.1 Å². The summed E-state index contributed by atoms with van der Waals surface area (Å²) in [4.78, 5) is 16.8. The van der Waals surface area contributed by atoms with E-state index in [1.165, 1.54) is 17.8 Å². The molecule has 0 bridgehead atoms. The molecule has 2 aromatic carbocycles. The van der Waals surface area contributed by atoms with Crippen LogP contribution >= 0.6 is 11.8 Å². The molecule has 1 heterocycles. The van der Waals surface area contributed by atoms with Crippen molar-refractivity contribution >= 4 is 35.2 Å². The number of benzene rings is 2. The second-order valence-corrected chi connectivity index (χ2v) is 6.75. The van der Waals surface area contributed by atoms with Crippen LogP contribution in [0.4, 0.5) is 5.69 Å². The van der Waals surface area contributed by atoms with Gasteiger partial charge in [0.25, 0.3) is 0 Å². The molecule has 5 nitrogen and oxygen atoms in total. The number of aromatic nitrogens is 1. The smallest absolute Gasteiger partial charge is 0.0726 e. The van der Waals surface area contributed by atoms with E-state index >= 15 is 0 Å². The van der Waals surface area contributed by atoms with Gasteiger partial charge < -0.3 is 21.0 Å². The molecule has 1 aromatic heterocycles. The number of carboxylic acid groups (broad SMARTS) is 1. The topological polar surface area (TPSA) is 103 Å². The van der Waals surface area contributed by atoms with Gasteiger partial charge in [0.15, 0.2) is 0 Å². The number of anilines is 1. The van der Waals surface area contributed by atoms with Crippen molar-refractivity contribution in [3.8, 4) is 0 Å². The molecule has 0 fully saturated rings. The second-order valence-electron chi connectivity index (χ2n) is 5.64. The molecule has 0 aliphatic rings. The minimum absolute atomic E-state index is 0.135. The Kier molecular flexibility index (Phi) is 5.68. The number of nitrogens with one attached hydrogen (secondary N) is 1. The predicted molar refractivity (Wildman–Crippen MR) is 106 cm³/mol. The molecule has 0 atom stereocenters. The highest BCUT2D eigenvalue weighted by Gasteiger charge is 2.08. The summed E-state index contributed by atoms with van der Waals surface area (Å²) in [7, 11) is 0. The number of aromatic carboxylic acids is 1. The third kappa shape index (κ3) is 4.62. The van der Waals surface area contributed by atoms with E-state index < -0.39 is 5.97 Å². The Morgan fingerprint density at radius 1 is 1.07 bits per heavy atom. The van der Waals surface area contributed by atoms with Crippen molar-refractivity contribution in [3.05, 3.63) is 89.8 Å². The van der Waals surface area contributed by atoms with E-state index in [4.69, 9.17) is 11.1 Å². The Balaban J connectivity index is 1.79. The summed E-state index contributed by atoms with van der Waals surface area (Å²) in [6.07, 6.45) is 5.08. The quantitative estimate of drug-likeness (QED) is 0.509. The van der Waals surface area contributed by atoms with E-state index in [-0.39, 0.29) is 11.3 Å². The molecule has 134 valence electrons. The van der Waals surface area contributed by atoms with Crippen LogP contribution in [0.2, 0.25) is 0 Å². The van der Waals surface area contributed by atoms with Crippen molar-refractivity contribution in [3.63, 3.8) is 0 Å². The highest BCUT2D eigenvalue weighted by molar-refractivity contribution is 7.99. The Hall–Kier alpha value is -3.38. The monoisotopic (exact) mass is 374 g/mol. The zero-order chi connectivity index (χ0) is 19.2. The van der Waals surface area contributed by atoms with Crippen molar-refractivity contribution in [2.75, 3.05) is 5.73 Å². The lowest BCUT2D eigenvalue weighted by molar-refractivity contribution is -0.255. The summed E-state index contributed by atoms with van der Waals surface area (Å²) in [5.41, 5.74) is 8.31. The molecular weight excluding hydrogens is 358 g/mol. The second kappa shape index (κ2) is 8.33. The molecule has 3 rings (SSSR count). The first-order valence-electron chi connectivity index (χ1n) is 8.10. The van der Waals surface area contributed by atoms with Crippen LogP contribution in [-0.4, -0.2) is 16.7 Å². The van der Waals surface area contributed by atoms with Crippen LogP contribution in [0.3, 0.4) is 0 Å². The van der Waals surface area contributed by atoms with Gasteiger partial charge >= 0.3 is 0 Å². The first kappa shape index (κ1) is 18.4. The van der Waals surface area contributed by atoms with E-state index in [9.17, 15) is 9.90 Å².